The minimum Gasteiger partial charge on any atom is -0.378 e. The Hall–Kier alpha value is -2.39. The van der Waals surface area contributed by atoms with Crippen LogP contribution in [0, 0.1) is 6.92 Å². The van der Waals surface area contributed by atoms with Gasteiger partial charge in [-0.3, -0.25) is 0 Å². The number of fused-ring (bicyclic) bond motifs is 1. The lowest BCUT2D eigenvalue weighted by atomic mass is 10.3. The maximum Gasteiger partial charge on any atom is 0.219 e. The quantitative estimate of drug-likeness (QED) is 0.750. The summed E-state index contributed by atoms with van der Waals surface area (Å²) in [4.78, 5) is 24.1. The smallest absolute Gasteiger partial charge is 0.219 e. The number of rotatable bonds is 2. The third-order valence-corrected chi connectivity index (χ3v) is 4.54. The van der Waals surface area contributed by atoms with E-state index in [-0.39, 0.29) is 5.95 Å². The van der Waals surface area contributed by atoms with Gasteiger partial charge in [-0.2, -0.15) is 0 Å². The van der Waals surface area contributed by atoms with E-state index in [9.17, 15) is 0 Å². The number of nitrogen functional groups attached to an aromatic ring is 1. The summed E-state index contributed by atoms with van der Waals surface area (Å²) in [6.45, 7) is 4.98. The lowest BCUT2D eigenvalue weighted by Gasteiger charge is -2.28. The molecule has 4 heterocycles. The fraction of sp³-hybridized carbons (Fsp3) is 0.357. The van der Waals surface area contributed by atoms with Crippen LogP contribution in [0.3, 0.4) is 0 Å². The second-order valence-electron chi connectivity index (χ2n) is 5.19. The minimum atomic E-state index is 0.229. The first-order valence-electron chi connectivity index (χ1n) is 7.26. The predicted molar refractivity (Wildman–Crippen MR) is 88.4 cm³/mol. The van der Waals surface area contributed by atoms with Crippen LogP contribution in [0.4, 0.5) is 11.8 Å². The first-order valence-corrected chi connectivity index (χ1v) is 8.08. The molecule has 23 heavy (non-hydrogen) atoms. The number of ether oxygens (including phenoxy) is 1. The molecule has 3 aromatic heterocycles. The first-order chi connectivity index (χ1) is 11.2. The highest BCUT2D eigenvalue weighted by molar-refractivity contribution is 7.19. The van der Waals surface area contributed by atoms with Crippen LogP contribution in [0.1, 0.15) is 5.01 Å². The Kier molecular flexibility index (Phi) is 3.50. The summed E-state index contributed by atoms with van der Waals surface area (Å²) in [6, 6.07) is 0. The van der Waals surface area contributed by atoms with Gasteiger partial charge in [0.15, 0.2) is 17.3 Å². The van der Waals surface area contributed by atoms with Gasteiger partial charge < -0.3 is 15.4 Å². The fourth-order valence-corrected chi connectivity index (χ4v) is 3.36. The van der Waals surface area contributed by atoms with E-state index in [4.69, 9.17) is 15.5 Å². The molecule has 0 aliphatic carbocycles. The molecule has 0 saturated carbocycles. The number of nitrogens with two attached hydrogens (primary N) is 1. The second-order valence-corrected chi connectivity index (χ2v) is 6.39. The van der Waals surface area contributed by atoms with Crippen molar-refractivity contribution in [3.63, 3.8) is 0 Å². The Labute approximate surface area is 136 Å². The highest BCUT2D eigenvalue weighted by Crippen LogP contribution is 2.31. The van der Waals surface area contributed by atoms with Crippen molar-refractivity contribution in [2.24, 2.45) is 0 Å². The van der Waals surface area contributed by atoms with Crippen molar-refractivity contribution in [2.45, 2.75) is 6.92 Å². The number of hydrogen-bond donors (Lipinski definition) is 1. The van der Waals surface area contributed by atoms with Crippen LogP contribution in [-0.2, 0) is 4.74 Å². The highest BCUT2D eigenvalue weighted by Gasteiger charge is 2.20. The van der Waals surface area contributed by atoms with Crippen molar-refractivity contribution >= 4 is 33.5 Å². The van der Waals surface area contributed by atoms with Crippen molar-refractivity contribution in [1.29, 1.82) is 0 Å². The molecular weight excluding hydrogens is 314 g/mol. The van der Waals surface area contributed by atoms with E-state index in [1.165, 1.54) is 0 Å². The number of morpholine rings is 1. The SMILES string of the molecule is Cc1nc2nc(-c3cnc(N)nc3)nc(N3CCOCC3)c2s1. The Morgan fingerprint density at radius 2 is 1.87 bits per heavy atom. The van der Waals surface area contributed by atoms with Crippen LogP contribution < -0.4 is 10.6 Å². The zero-order valence-electron chi connectivity index (χ0n) is 12.6. The maximum atomic E-state index is 5.55. The summed E-state index contributed by atoms with van der Waals surface area (Å²) >= 11 is 1.61. The number of nitrogens with zero attached hydrogens (tertiary/aromatic N) is 6. The third-order valence-electron chi connectivity index (χ3n) is 3.58. The summed E-state index contributed by atoms with van der Waals surface area (Å²) in [5.74, 6) is 1.69. The van der Waals surface area contributed by atoms with Gasteiger partial charge in [0.25, 0.3) is 0 Å². The van der Waals surface area contributed by atoms with E-state index in [1.54, 1.807) is 23.7 Å². The van der Waals surface area contributed by atoms with Crippen molar-refractivity contribution in [2.75, 3.05) is 36.9 Å². The molecule has 0 radical (unpaired) electrons. The van der Waals surface area contributed by atoms with Gasteiger partial charge in [-0.25, -0.2) is 24.9 Å². The Balaban J connectivity index is 1.87. The highest BCUT2D eigenvalue weighted by atomic mass is 32.1. The van der Waals surface area contributed by atoms with Gasteiger partial charge in [-0.05, 0) is 6.92 Å². The molecular formula is C14H15N7OS. The lowest BCUT2D eigenvalue weighted by molar-refractivity contribution is 0.122. The standard InChI is InChI=1S/C14H15N7OS/c1-8-18-12-10(23-8)13(21-2-4-22-5-3-21)20-11(19-12)9-6-16-14(15)17-7-9/h6-7H,2-5H2,1H3,(H2,15,16,17). The number of aromatic nitrogens is 5. The third kappa shape index (κ3) is 2.68. The second kappa shape index (κ2) is 5.67. The van der Waals surface area contributed by atoms with Gasteiger partial charge in [0.1, 0.15) is 4.70 Å². The van der Waals surface area contributed by atoms with Crippen LogP contribution in [-0.4, -0.2) is 51.2 Å². The molecule has 1 saturated heterocycles. The van der Waals surface area contributed by atoms with E-state index in [1.807, 2.05) is 6.92 Å². The summed E-state index contributed by atoms with van der Waals surface area (Å²) in [5, 5.41) is 0.967. The van der Waals surface area contributed by atoms with Crippen LogP contribution in [0.5, 0.6) is 0 Å². The zero-order chi connectivity index (χ0) is 15.8. The molecule has 3 aromatic rings. The molecule has 4 rings (SSSR count). The van der Waals surface area contributed by atoms with Gasteiger partial charge in [0.2, 0.25) is 5.95 Å². The van der Waals surface area contributed by atoms with Gasteiger partial charge in [0, 0.05) is 25.5 Å². The molecule has 0 spiro atoms. The van der Waals surface area contributed by atoms with E-state index in [2.05, 4.69) is 24.8 Å². The molecule has 0 atom stereocenters. The molecule has 0 amide bonds. The topological polar surface area (TPSA) is 103 Å². The average molecular weight is 329 g/mol. The molecule has 2 N–H and O–H groups in total. The molecule has 118 valence electrons. The summed E-state index contributed by atoms with van der Waals surface area (Å²) in [5.41, 5.74) is 6.98. The normalized spacial score (nSPS) is 15.3. The van der Waals surface area contributed by atoms with Crippen molar-refractivity contribution in [1.82, 2.24) is 24.9 Å². The van der Waals surface area contributed by atoms with Crippen LogP contribution in [0.25, 0.3) is 21.7 Å². The maximum absolute atomic E-state index is 5.55. The Morgan fingerprint density at radius 3 is 2.61 bits per heavy atom. The lowest BCUT2D eigenvalue weighted by Crippen LogP contribution is -2.36. The number of aryl methyl sites for hydroxylation is 1. The van der Waals surface area contributed by atoms with E-state index >= 15 is 0 Å². The van der Waals surface area contributed by atoms with Crippen molar-refractivity contribution < 1.29 is 4.74 Å². The molecule has 0 aromatic carbocycles. The monoisotopic (exact) mass is 329 g/mol. The minimum absolute atomic E-state index is 0.229. The molecule has 1 aliphatic rings. The summed E-state index contributed by atoms with van der Waals surface area (Å²) in [7, 11) is 0. The largest absolute Gasteiger partial charge is 0.378 e. The number of hydrogen-bond acceptors (Lipinski definition) is 9. The average Bonchev–Trinajstić information content (AvgIpc) is 2.95. The van der Waals surface area contributed by atoms with E-state index in [0.717, 1.165) is 34.2 Å². The van der Waals surface area contributed by atoms with Crippen LogP contribution in [0.2, 0.25) is 0 Å². The fourth-order valence-electron chi connectivity index (χ4n) is 2.49. The summed E-state index contributed by atoms with van der Waals surface area (Å²) in [6.07, 6.45) is 3.26. The van der Waals surface area contributed by atoms with Crippen LogP contribution in [0.15, 0.2) is 12.4 Å². The molecule has 1 fully saturated rings. The Morgan fingerprint density at radius 1 is 1.13 bits per heavy atom. The van der Waals surface area contributed by atoms with Crippen molar-refractivity contribution in [3.05, 3.63) is 17.4 Å². The van der Waals surface area contributed by atoms with Gasteiger partial charge in [-0.15, -0.1) is 11.3 Å². The molecule has 0 unspecified atom stereocenters. The predicted octanol–water partition coefficient (Wildman–Crippen LogP) is 1.27. The molecule has 9 heteroatoms. The summed E-state index contributed by atoms with van der Waals surface area (Å²) < 4.78 is 6.44. The van der Waals surface area contributed by atoms with Crippen LogP contribution >= 0.6 is 11.3 Å². The number of anilines is 2. The van der Waals surface area contributed by atoms with Gasteiger partial charge in [0.05, 0.1) is 23.8 Å². The first kappa shape index (κ1) is 14.2. The molecule has 1 aliphatic heterocycles. The van der Waals surface area contributed by atoms with Gasteiger partial charge in [-0.1, -0.05) is 0 Å². The van der Waals surface area contributed by atoms with Crippen molar-refractivity contribution in [3.8, 4) is 11.4 Å². The molecule has 0 bridgehead atoms. The van der Waals surface area contributed by atoms with E-state index in [0.29, 0.717) is 24.7 Å². The molecule has 8 nitrogen and oxygen atoms in total. The number of thiazole rings is 1. The van der Waals surface area contributed by atoms with Gasteiger partial charge >= 0.3 is 0 Å². The Bertz CT molecular complexity index is 842. The zero-order valence-corrected chi connectivity index (χ0v) is 13.4. The van der Waals surface area contributed by atoms with E-state index < -0.39 is 0 Å².